The fraction of sp³-hybridized carbons (Fsp3) is 0.533. The van der Waals surface area contributed by atoms with Crippen LogP contribution < -0.4 is 5.73 Å². The van der Waals surface area contributed by atoms with Gasteiger partial charge in [0.2, 0.25) is 0 Å². The summed E-state index contributed by atoms with van der Waals surface area (Å²) in [6.07, 6.45) is 0.689. The lowest BCUT2D eigenvalue weighted by atomic mass is 9.89. The predicted molar refractivity (Wildman–Crippen MR) is 72.8 cm³/mol. The molecule has 0 aromatic heterocycles. The number of nitrogens with zero attached hydrogens (tertiary/aromatic N) is 1. The number of benzene rings is 1. The van der Waals surface area contributed by atoms with Gasteiger partial charge < -0.3 is 10.5 Å². The SMILES string of the molecule is CC(C)C(C)OCCC(N)(C#N)c1ccccc1. The fourth-order valence-electron chi connectivity index (χ4n) is 1.60. The monoisotopic (exact) mass is 246 g/mol. The van der Waals surface area contributed by atoms with Crippen molar-refractivity contribution in [2.24, 2.45) is 11.7 Å². The highest BCUT2D eigenvalue weighted by molar-refractivity contribution is 5.30. The van der Waals surface area contributed by atoms with E-state index < -0.39 is 5.54 Å². The van der Waals surface area contributed by atoms with Crippen molar-refractivity contribution in [1.29, 1.82) is 5.26 Å². The lowest BCUT2D eigenvalue weighted by Crippen LogP contribution is -2.36. The van der Waals surface area contributed by atoms with Crippen LogP contribution in [0.5, 0.6) is 0 Å². The molecule has 2 N–H and O–H groups in total. The molecule has 0 aliphatic carbocycles. The first-order valence-electron chi connectivity index (χ1n) is 6.37. The van der Waals surface area contributed by atoms with Gasteiger partial charge in [-0.2, -0.15) is 5.26 Å². The van der Waals surface area contributed by atoms with Gasteiger partial charge in [-0.15, -0.1) is 0 Å². The van der Waals surface area contributed by atoms with Gasteiger partial charge in [0.05, 0.1) is 18.8 Å². The van der Waals surface area contributed by atoms with Crippen molar-refractivity contribution in [3.63, 3.8) is 0 Å². The molecule has 1 aromatic rings. The molecule has 0 heterocycles. The maximum atomic E-state index is 9.28. The van der Waals surface area contributed by atoms with E-state index in [-0.39, 0.29) is 6.10 Å². The first-order chi connectivity index (χ1) is 8.49. The maximum Gasteiger partial charge on any atom is 0.132 e. The first-order valence-corrected chi connectivity index (χ1v) is 6.37. The molecule has 0 aliphatic rings. The summed E-state index contributed by atoms with van der Waals surface area (Å²) in [5.41, 5.74) is 6.02. The molecule has 0 radical (unpaired) electrons. The minimum absolute atomic E-state index is 0.184. The molecule has 0 spiro atoms. The summed E-state index contributed by atoms with van der Waals surface area (Å²) in [5.74, 6) is 0.469. The number of nitrogens with two attached hydrogens (primary N) is 1. The summed E-state index contributed by atoms with van der Waals surface area (Å²) in [5, 5.41) is 9.28. The third-order valence-corrected chi connectivity index (χ3v) is 3.30. The molecule has 98 valence electrons. The second kappa shape index (κ2) is 6.53. The van der Waals surface area contributed by atoms with Crippen molar-refractivity contribution >= 4 is 0 Å². The molecule has 2 unspecified atom stereocenters. The van der Waals surface area contributed by atoms with Gasteiger partial charge in [-0.25, -0.2) is 0 Å². The molecule has 0 saturated carbocycles. The molecule has 0 saturated heterocycles. The summed E-state index contributed by atoms with van der Waals surface area (Å²) in [6, 6.07) is 11.7. The average Bonchev–Trinajstić information content (AvgIpc) is 2.39. The van der Waals surface area contributed by atoms with Crippen LogP contribution in [-0.4, -0.2) is 12.7 Å². The normalized spacial score (nSPS) is 16.0. The number of hydrogen-bond acceptors (Lipinski definition) is 3. The van der Waals surface area contributed by atoms with Crippen molar-refractivity contribution in [3.05, 3.63) is 35.9 Å². The lowest BCUT2D eigenvalue weighted by molar-refractivity contribution is 0.0283. The maximum absolute atomic E-state index is 9.28. The van der Waals surface area contributed by atoms with Crippen LogP contribution in [-0.2, 0) is 10.3 Å². The summed E-state index contributed by atoms with van der Waals surface area (Å²) < 4.78 is 5.69. The largest absolute Gasteiger partial charge is 0.378 e. The van der Waals surface area contributed by atoms with E-state index in [0.717, 1.165) is 5.56 Å². The Kier molecular flexibility index (Phi) is 5.33. The van der Waals surface area contributed by atoms with Gasteiger partial charge in [0.25, 0.3) is 0 Å². The molecule has 18 heavy (non-hydrogen) atoms. The summed E-state index contributed by atoms with van der Waals surface area (Å²) in [6.45, 7) is 6.76. The highest BCUT2D eigenvalue weighted by Crippen LogP contribution is 2.21. The van der Waals surface area contributed by atoms with Crippen LogP contribution in [0.3, 0.4) is 0 Å². The summed E-state index contributed by atoms with van der Waals surface area (Å²) in [7, 11) is 0. The molecule has 0 aliphatic heterocycles. The quantitative estimate of drug-likeness (QED) is 0.839. The summed E-state index contributed by atoms with van der Waals surface area (Å²) >= 11 is 0. The number of nitriles is 1. The Morgan fingerprint density at radius 1 is 1.28 bits per heavy atom. The van der Waals surface area contributed by atoms with Crippen molar-refractivity contribution in [2.45, 2.75) is 38.8 Å². The molecule has 0 amide bonds. The Balaban J connectivity index is 2.60. The van der Waals surface area contributed by atoms with E-state index in [1.54, 1.807) is 0 Å². The van der Waals surface area contributed by atoms with Crippen LogP contribution in [0.4, 0.5) is 0 Å². The van der Waals surface area contributed by atoms with E-state index in [9.17, 15) is 5.26 Å². The molecular weight excluding hydrogens is 224 g/mol. The van der Waals surface area contributed by atoms with E-state index >= 15 is 0 Å². The smallest absolute Gasteiger partial charge is 0.132 e. The van der Waals surface area contributed by atoms with Crippen molar-refractivity contribution in [2.75, 3.05) is 6.61 Å². The molecule has 3 nitrogen and oxygen atoms in total. The molecule has 0 fully saturated rings. The van der Waals surface area contributed by atoms with E-state index in [1.807, 2.05) is 37.3 Å². The third-order valence-electron chi connectivity index (χ3n) is 3.30. The second-order valence-electron chi connectivity index (χ2n) is 5.02. The van der Waals surface area contributed by atoms with E-state index in [1.165, 1.54) is 0 Å². The van der Waals surface area contributed by atoms with Crippen LogP contribution in [0.1, 0.15) is 32.8 Å². The Hall–Kier alpha value is -1.37. The minimum atomic E-state index is -0.960. The first kappa shape index (κ1) is 14.7. The highest BCUT2D eigenvalue weighted by atomic mass is 16.5. The molecule has 3 heteroatoms. The van der Waals surface area contributed by atoms with Crippen LogP contribution in [0, 0.1) is 17.2 Å². The van der Waals surface area contributed by atoms with Gasteiger partial charge in [0.1, 0.15) is 5.54 Å². The average molecular weight is 246 g/mol. The number of rotatable bonds is 6. The van der Waals surface area contributed by atoms with Crippen LogP contribution in [0.25, 0.3) is 0 Å². The van der Waals surface area contributed by atoms with Crippen molar-refractivity contribution in [3.8, 4) is 6.07 Å². The van der Waals surface area contributed by atoms with E-state index in [2.05, 4.69) is 19.9 Å². The van der Waals surface area contributed by atoms with Gasteiger partial charge in [-0.1, -0.05) is 44.2 Å². The van der Waals surface area contributed by atoms with Crippen LogP contribution in [0.2, 0.25) is 0 Å². The molecule has 1 aromatic carbocycles. The minimum Gasteiger partial charge on any atom is -0.378 e. The second-order valence-corrected chi connectivity index (χ2v) is 5.02. The lowest BCUT2D eigenvalue weighted by Gasteiger charge is -2.24. The van der Waals surface area contributed by atoms with Crippen LogP contribution in [0.15, 0.2) is 30.3 Å². The fourth-order valence-corrected chi connectivity index (χ4v) is 1.60. The number of hydrogen-bond donors (Lipinski definition) is 1. The Morgan fingerprint density at radius 3 is 2.39 bits per heavy atom. The van der Waals surface area contributed by atoms with Gasteiger partial charge in [0, 0.05) is 6.42 Å². The van der Waals surface area contributed by atoms with Gasteiger partial charge >= 0.3 is 0 Å². The summed E-state index contributed by atoms with van der Waals surface area (Å²) in [4.78, 5) is 0. The number of ether oxygens (including phenoxy) is 1. The van der Waals surface area contributed by atoms with Crippen LogP contribution >= 0.6 is 0 Å². The zero-order chi connectivity index (χ0) is 13.6. The topological polar surface area (TPSA) is 59.0 Å². The Morgan fingerprint density at radius 2 is 1.89 bits per heavy atom. The standard InChI is InChI=1S/C15H22N2O/c1-12(2)13(3)18-10-9-15(17,11-16)14-7-5-4-6-8-14/h4-8,12-13H,9-10,17H2,1-3H3. The molecular formula is C15H22N2O. The van der Waals surface area contributed by atoms with Crippen molar-refractivity contribution in [1.82, 2.24) is 0 Å². The Labute approximate surface area is 110 Å². The predicted octanol–water partition coefficient (Wildman–Crippen LogP) is 2.82. The highest BCUT2D eigenvalue weighted by Gasteiger charge is 2.27. The van der Waals surface area contributed by atoms with Gasteiger partial charge in [-0.3, -0.25) is 0 Å². The van der Waals surface area contributed by atoms with Gasteiger partial charge in [-0.05, 0) is 18.4 Å². The Bertz CT molecular complexity index is 397. The van der Waals surface area contributed by atoms with E-state index in [4.69, 9.17) is 10.5 Å². The molecule has 2 atom stereocenters. The zero-order valence-electron chi connectivity index (χ0n) is 11.4. The molecule has 1 rings (SSSR count). The third kappa shape index (κ3) is 3.83. The zero-order valence-corrected chi connectivity index (χ0v) is 11.4. The van der Waals surface area contributed by atoms with Gasteiger partial charge in [0.15, 0.2) is 0 Å². The van der Waals surface area contributed by atoms with Crippen molar-refractivity contribution < 1.29 is 4.74 Å². The molecule has 0 bridgehead atoms. The van der Waals surface area contributed by atoms with E-state index in [0.29, 0.717) is 18.9 Å².